The SMILES string of the molecule is Cl.O=C1c2ccccc2C(=O)N1CCc1noc(CC2CCNCC2)n1. The van der Waals surface area contributed by atoms with Crippen LogP contribution in [0.1, 0.15) is 45.3 Å². The fraction of sp³-hybridized carbons (Fsp3) is 0.444. The van der Waals surface area contributed by atoms with E-state index in [0.717, 1.165) is 32.4 Å². The molecule has 1 aromatic carbocycles. The van der Waals surface area contributed by atoms with Gasteiger partial charge in [0.25, 0.3) is 11.8 Å². The van der Waals surface area contributed by atoms with Gasteiger partial charge in [0.05, 0.1) is 11.1 Å². The zero-order chi connectivity index (χ0) is 17.2. The van der Waals surface area contributed by atoms with E-state index in [1.54, 1.807) is 24.3 Å². The minimum Gasteiger partial charge on any atom is -0.339 e. The zero-order valence-electron chi connectivity index (χ0n) is 14.3. The first-order valence-corrected chi connectivity index (χ1v) is 8.70. The predicted molar refractivity (Wildman–Crippen MR) is 96.4 cm³/mol. The van der Waals surface area contributed by atoms with Gasteiger partial charge in [0, 0.05) is 19.4 Å². The number of hydrogen-bond donors (Lipinski definition) is 1. The minimum atomic E-state index is -0.251. The second kappa shape index (κ2) is 7.97. The number of fused-ring (bicyclic) bond motifs is 1. The molecule has 2 aromatic rings. The third kappa shape index (κ3) is 3.64. The first kappa shape index (κ1) is 18.5. The third-order valence-electron chi connectivity index (χ3n) is 4.87. The molecule has 1 saturated heterocycles. The topological polar surface area (TPSA) is 88.3 Å². The fourth-order valence-electron chi connectivity index (χ4n) is 3.46. The molecule has 0 spiro atoms. The van der Waals surface area contributed by atoms with E-state index in [9.17, 15) is 9.59 Å². The van der Waals surface area contributed by atoms with Crippen LogP contribution >= 0.6 is 12.4 Å². The second-order valence-corrected chi connectivity index (χ2v) is 6.56. The van der Waals surface area contributed by atoms with Crippen molar-refractivity contribution in [3.63, 3.8) is 0 Å². The monoisotopic (exact) mass is 376 g/mol. The van der Waals surface area contributed by atoms with Gasteiger partial charge >= 0.3 is 0 Å². The van der Waals surface area contributed by atoms with E-state index in [2.05, 4.69) is 15.5 Å². The number of piperidine rings is 1. The minimum absolute atomic E-state index is 0. The Kier molecular flexibility index (Phi) is 5.68. The highest BCUT2D eigenvalue weighted by Gasteiger charge is 2.34. The standard InChI is InChI=1S/C18H20N4O3.ClH/c23-17-13-3-1-2-4-14(13)18(24)22(17)10-7-15-20-16(25-21-15)11-12-5-8-19-9-6-12;/h1-4,12,19H,5-11H2;1H. The molecule has 2 amide bonds. The van der Waals surface area contributed by atoms with Crippen molar-refractivity contribution in [3.8, 4) is 0 Å². The van der Waals surface area contributed by atoms with E-state index in [0.29, 0.717) is 35.2 Å². The molecule has 0 saturated carbocycles. The molecule has 0 bridgehead atoms. The highest BCUT2D eigenvalue weighted by atomic mass is 35.5. The molecule has 1 fully saturated rings. The summed E-state index contributed by atoms with van der Waals surface area (Å²) in [5.74, 6) is 1.26. The maximum absolute atomic E-state index is 12.3. The van der Waals surface area contributed by atoms with Crippen LogP contribution in [0.2, 0.25) is 0 Å². The second-order valence-electron chi connectivity index (χ2n) is 6.56. The molecule has 3 heterocycles. The summed E-state index contributed by atoms with van der Waals surface area (Å²) in [5, 5.41) is 7.33. The van der Waals surface area contributed by atoms with E-state index in [1.165, 1.54) is 4.90 Å². The van der Waals surface area contributed by atoms with Crippen LogP contribution in [0.4, 0.5) is 0 Å². The van der Waals surface area contributed by atoms with Crippen LogP contribution in [-0.4, -0.2) is 46.5 Å². The van der Waals surface area contributed by atoms with E-state index in [-0.39, 0.29) is 30.8 Å². The molecule has 7 nitrogen and oxygen atoms in total. The number of carbonyl (C=O) groups excluding carboxylic acids is 2. The van der Waals surface area contributed by atoms with Gasteiger partial charge in [-0.15, -0.1) is 12.4 Å². The van der Waals surface area contributed by atoms with Gasteiger partial charge in [-0.05, 0) is 44.0 Å². The molecule has 26 heavy (non-hydrogen) atoms. The zero-order valence-corrected chi connectivity index (χ0v) is 15.1. The number of imide groups is 1. The first-order chi connectivity index (χ1) is 12.2. The highest BCUT2D eigenvalue weighted by molar-refractivity contribution is 6.21. The number of rotatable bonds is 5. The van der Waals surface area contributed by atoms with Crippen molar-refractivity contribution >= 4 is 24.2 Å². The van der Waals surface area contributed by atoms with E-state index in [1.807, 2.05) is 0 Å². The summed E-state index contributed by atoms with van der Waals surface area (Å²) in [6.07, 6.45) is 3.43. The number of hydrogen-bond acceptors (Lipinski definition) is 6. The molecule has 1 aromatic heterocycles. The maximum atomic E-state index is 12.3. The number of amides is 2. The van der Waals surface area contributed by atoms with Crippen LogP contribution < -0.4 is 5.32 Å². The fourth-order valence-corrected chi connectivity index (χ4v) is 3.46. The van der Waals surface area contributed by atoms with Gasteiger partial charge in [-0.3, -0.25) is 14.5 Å². The van der Waals surface area contributed by atoms with Gasteiger partial charge in [-0.1, -0.05) is 17.3 Å². The third-order valence-corrected chi connectivity index (χ3v) is 4.87. The van der Waals surface area contributed by atoms with Gasteiger partial charge in [0.2, 0.25) is 5.89 Å². The molecule has 0 unspecified atom stereocenters. The van der Waals surface area contributed by atoms with Gasteiger partial charge in [0.1, 0.15) is 0 Å². The molecule has 0 aliphatic carbocycles. The molecule has 8 heteroatoms. The summed E-state index contributed by atoms with van der Waals surface area (Å²) in [6.45, 7) is 2.33. The smallest absolute Gasteiger partial charge is 0.261 e. The predicted octanol–water partition coefficient (Wildman–Crippen LogP) is 1.87. The molecular formula is C18H21ClN4O3. The lowest BCUT2D eigenvalue weighted by Gasteiger charge is -2.20. The van der Waals surface area contributed by atoms with E-state index < -0.39 is 0 Å². The number of halogens is 1. The van der Waals surface area contributed by atoms with Gasteiger partial charge < -0.3 is 9.84 Å². The Bertz CT molecular complexity index is 766. The lowest BCUT2D eigenvalue weighted by Crippen LogP contribution is -2.32. The Morgan fingerprint density at radius 2 is 1.77 bits per heavy atom. The number of nitrogens with one attached hydrogen (secondary N) is 1. The van der Waals surface area contributed by atoms with Crippen molar-refractivity contribution < 1.29 is 14.1 Å². The van der Waals surface area contributed by atoms with Gasteiger partial charge in [-0.25, -0.2) is 0 Å². The average Bonchev–Trinajstić information content (AvgIpc) is 3.18. The molecule has 1 N–H and O–H groups in total. The van der Waals surface area contributed by atoms with Crippen LogP contribution in [-0.2, 0) is 12.8 Å². The summed E-state index contributed by atoms with van der Waals surface area (Å²) in [6, 6.07) is 6.89. The number of aromatic nitrogens is 2. The highest BCUT2D eigenvalue weighted by Crippen LogP contribution is 2.22. The van der Waals surface area contributed by atoms with Crippen molar-refractivity contribution in [2.45, 2.75) is 25.7 Å². The lowest BCUT2D eigenvalue weighted by molar-refractivity contribution is 0.0655. The van der Waals surface area contributed by atoms with Gasteiger partial charge in [0.15, 0.2) is 5.82 Å². The number of benzene rings is 1. The van der Waals surface area contributed by atoms with Crippen LogP contribution in [0, 0.1) is 5.92 Å². The molecule has 2 aliphatic rings. The molecular weight excluding hydrogens is 356 g/mol. The first-order valence-electron chi connectivity index (χ1n) is 8.70. The Morgan fingerprint density at radius 3 is 2.42 bits per heavy atom. The Labute approximate surface area is 157 Å². The van der Waals surface area contributed by atoms with Crippen molar-refractivity contribution in [2.75, 3.05) is 19.6 Å². The summed E-state index contributed by atoms with van der Waals surface area (Å²) in [5.41, 5.74) is 0.930. The van der Waals surface area contributed by atoms with Crippen LogP contribution in [0.15, 0.2) is 28.8 Å². The summed E-state index contributed by atoms with van der Waals surface area (Å²) in [4.78, 5) is 30.3. The molecule has 4 rings (SSSR count). The van der Waals surface area contributed by atoms with Crippen LogP contribution in [0.5, 0.6) is 0 Å². The van der Waals surface area contributed by atoms with Crippen molar-refractivity contribution in [1.82, 2.24) is 20.4 Å². The number of carbonyl (C=O) groups is 2. The number of nitrogens with zero attached hydrogens (tertiary/aromatic N) is 3. The average molecular weight is 377 g/mol. The molecule has 0 radical (unpaired) electrons. The van der Waals surface area contributed by atoms with Crippen LogP contribution in [0.25, 0.3) is 0 Å². The Balaban J connectivity index is 0.00000196. The summed E-state index contributed by atoms with van der Waals surface area (Å²) < 4.78 is 5.33. The van der Waals surface area contributed by atoms with E-state index >= 15 is 0 Å². The summed E-state index contributed by atoms with van der Waals surface area (Å²) >= 11 is 0. The van der Waals surface area contributed by atoms with Gasteiger partial charge in [-0.2, -0.15) is 4.98 Å². The Hall–Kier alpha value is -2.25. The van der Waals surface area contributed by atoms with Crippen molar-refractivity contribution in [2.24, 2.45) is 5.92 Å². The molecule has 0 atom stereocenters. The Morgan fingerprint density at radius 1 is 1.12 bits per heavy atom. The maximum Gasteiger partial charge on any atom is 0.261 e. The van der Waals surface area contributed by atoms with Crippen molar-refractivity contribution in [1.29, 1.82) is 0 Å². The largest absolute Gasteiger partial charge is 0.339 e. The molecule has 138 valence electrons. The van der Waals surface area contributed by atoms with Crippen molar-refractivity contribution in [3.05, 3.63) is 47.1 Å². The molecule has 2 aliphatic heterocycles. The normalized spacial score (nSPS) is 17.3. The lowest BCUT2D eigenvalue weighted by atomic mass is 9.95. The quantitative estimate of drug-likeness (QED) is 0.801. The van der Waals surface area contributed by atoms with E-state index in [4.69, 9.17) is 4.52 Å². The summed E-state index contributed by atoms with van der Waals surface area (Å²) in [7, 11) is 0. The van der Waals surface area contributed by atoms with Crippen LogP contribution in [0.3, 0.4) is 0 Å².